The summed E-state index contributed by atoms with van der Waals surface area (Å²) in [7, 11) is 0. The van der Waals surface area contributed by atoms with Crippen LogP contribution in [0.2, 0.25) is 0 Å². The molecule has 4 nitrogen and oxygen atoms in total. The number of nitrogens with two attached hydrogens (primary N) is 2. The molecule has 0 saturated carbocycles. The van der Waals surface area contributed by atoms with E-state index in [0.29, 0.717) is 21.5 Å². The van der Waals surface area contributed by atoms with Crippen molar-refractivity contribution in [3.8, 4) is 0 Å². The van der Waals surface area contributed by atoms with Gasteiger partial charge in [-0.05, 0) is 45.7 Å². The molecule has 88 valence electrons. The average molecular weight is 315 g/mol. The highest BCUT2D eigenvalue weighted by Gasteiger charge is 2.07. The molecule has 0 spiro atoms. The van der Waals surface area contributed by atoms with Crippen molar-refractivity contribution < 1.29 is 4.39 Å². The zero-order chi connectivity index (χ0) is 12.4. The zero-order valence-corrected chi connectivity index (χ0v) is 10.9. The monoisotopic (exact) mass is 314 g/mol. The van der Waals surface area contributed by atoms with Gasteiger partial charge in [0.05, 0.1) is 15.8 Å². The molecule has 2 rings (SSSR count). The van der Waals surface area contributed by atoms with Crippen molar-refractivity contribution in [2.24, 2.45) is 10.7 Å². The molecule has 1 heterocycles. The number of anilines is 1. The number of nitrogen functional groups attached to an aromatic ring is 1. The molecule has 1 aromatic heterocycles. The van der Waals surface area contributed by atoms with Gasteiger partial charge in [0.2, 0.25) is 0 Å². The molecule has 0 saturated heterocycles. The molecular formula is C10H8BrFN4S. The summed E-state index contributed by atoms with van der Waals surface area (Å²) in [6.45, 7) is 0. The summed E-state index contributed by atoms with van der Waals surface area (Å²) in [4.78, 5) is 4.13. The molecule has 0 aliphatic rings. The van der Waals surface area contributed by atoms with Crippen LogP contribution in [-0.2, 0) is 0 Å². The highest BCUT2D eigenvalue weighted by atomic mass is 79.9. The van der Waals surface area contributed by atoms with Gasteiger partial charge >= 0.3 is 0 Å². The maximum Gasteiger partial charge on any atom is 0.153 e. The number of aliphatic imine (C=N–C) groups is 1. The summed E-state index contributed by atoms with van der Waals surface area (Å²) in [5.41, 5.74) is 12.9. The van der Waals surface area contributed by atoms with Crippen LogP contribution in [0.5, 0.6) is 0 Å². The van der Waals surface area contributed by atoms with Gasteiger partial charge in [0, 0.05) is 5.38 Å². The van der Waals surface area contributed by atoms with Gasteiger partial charge in [0.1, 0.15) is 11.5 Å². The molecule has 0 bridgehead atoms. The van der Waals surface area contributed by atoms with Gasteiger partial charge < -0.3 is 11.5 Å². The lowest BCUT2D eigenvalue weighted by Gasteiger charge is -2.00. The maximum atomic E-state index is 13.0. The lowest BCUT2D eigenvalue weighted by Crippen LogP contribution is -2.14. The fourth-order valence-corrected chi connectivity index (χ4v) is 2.13. The molecule has 17 heavy (non-hydrogen) atoms. The Hall–Kier alpha value is -1.47. The molecular weight excluding hydrogens is 307 g/mol. The van der Waals surface area contributed by atoms with Crippen LogP contribution in [0.1, 0.15) is 5.69 Å². The molecule has 0 fully saturated rings. The van der Waals surface area contributed by atoms with Gasteiger partial charge in [-0.25, -0.2) is 9.38 Å². The molecule has 0 unspecified atom stereocenters. The quantitative estimate of drug-likeness (QED) is 0.661. The second-order valence-electron chi connectivity index (χ2n) is 3.21. The Bertz CT molecular complexity index is 581. The Balaban J connectivity index is 2.36. The zero-order valence-electron chi connectivity index (χ0n) is 8.52. The lowest BCUT2D eigenvalue weighted by molar-refractivity contribution is 0.621. The number of hydrogen-bond acceptors (Lipinski definition) is 4. The van der Waals surface area contributed by atoms with Crippen molar-refractivity contribution in [1.29, 1.82) is 0 Å². The van der Waals surface area contributed by atoms with E-state index in [0.717, 1.165) is 0 Å². The van der Waals surface area contributed by atoms with Gasteiger partial charge in [0.15, 0.2) is 5.84 Å². The predicted molar refractivity (Wildman–Crippen MR) is 71.0 cm³/mol. The molecule has 4 N–H and O–H groups in total. The number of amidine groups is 1. The standard InChI is InChI=1S/C10H8BrFN4S/c11-6-3-5(1-2-7(6)12)15-10(14)9-8(13)4-17-16-9/h1-4H,13H2,(H2,14,15). The SMILES string of the molecule is NC(=Nc1ccc(F)c(Br)c1)c1nscc1N. The average Bonchev–Trinajstić information content (AvgIpc) is 2.70. The third-order valence-corrected chi connectivity index (χ3v) is 3.25. The fraction of sp³-hybridized carbons (Fsp3) is 0. The first-order chi connectivity index (χ1) is 8.08. The normalized spacial score (nSPS) is 11.8. The summed E-state index contributed by atoms with van der Waals surface area (Å²) in [6.07, 6.45) is 0. The largest absolute Gasteiger partial charge is 0.396 e. The van der Waals surface area contributed by atoms with Gasteiger partial charge in [-0.1, -0.05) is 0 Å². The third-order valence-electron chi connectivity index (χ3n) is 1.99. The minimum absolute atomic E-state index is 0.210. The van der Waals surface area contributed by atoms with Crippen LogP contribution in [0.25, 0.3) is 0 Å². The van der Waals surface area contributed by atoms with Gasteiger partial charge in [-0.3, -0.25) is 0 Å². The Kier molecular flexibility index (Phi) is 3.39. The van der Waals surface area contributed by atoms with E-state index in [4.69, 9.17) is 11.5 Å². The number of rotatable bonds is 2. The van der Waals surface area contributed by atoms with E-state index in [2.05, 4.69) is 25.3 Å². The molecule has 0 aliphatic carbocycles. The van der Waals surface area contributed by atoms with Gasteiger partial charge in [-0.2, -0.15) is 4.37 Å². The topological polar surface area (TPSA) is 77.3 Å². The maximum absolute atomic E-state index is 13.0. The summed E-state index contributed by atoms with van der Waals surface area (Å²) < 4.78 is 17.4. The molecule has 0 aliphatic heterocycles. The van der Waals surface area contributed by atoms with Crippen LogP contribution in [-0.4, -0.2) is 10.2 Å². The first kappa shape index (κ1) is 12.0. The minimum atomic E-state index is -0.351. The van der Waals surface area contributed by atoms with E-state index in [1.54, 1.807) is 5.38 Å². The number of benzene rings is 1. The highest BCUT2D eigenvalue weighted by Crippen LogP contribution is 2.23. The highest BCUT2D eigenvalue weighted by molar-refractivity contribution is 9.10. The Morgan fingerprint density at radius 3 is 2.82 bits per heavy atom. The smallest absolute Gasteiger partial charge is 0.153 e. The Morgan fingerprint density at radius 1 is 1.47 bits per heavy atom. The van der Waals surface area contributed by atoms with Crippen LogP contribution < -0.4 is 11.5 Å². The Labute approximate surface area is 109 Å². The number of hydrogen-bond donors (Lipinski definition) is 2. The van der Waals surface area contributed by atoms with Crippen LogP contribution in [0.4, 0.5) is 15.8 Å². The van der Waals surface area contributed by atoms with Crippen molar-refractivity contribution >= 4 is 44.7 Å². The van der Waals surface area contributed by atoms with E-state index < -0.39 is 0 Å². The molecule has 0 radical (unpaired) electrons. The van der Waals surface area contributed by atoms with E-state index >= 15 is 0 Å². The number of aromatic nitrogens is 1. The second kappa shape index (κ2) is 4.80. The number of nitrogens with zero attached hydrogens (tertiary/aromatic N) is 2. The molecule has 2 aromatic rings. The minimum Gasteiger partial charge on any atom is -0.396 e. The summed E-state index contributed by atoms with van der Waals surface area (Å²) in [5, 5.41) is 1.68. The predicted octanol–water partition coefficient (Wildman–Crippen LogP) is 2.66. The van der Waals surface area contributed by atoms with Crippen LogP contribution in [0.3, 0.4) is 0 Å². The molecule has 0 atom stereocenters. The van der Waals surface area contributed by atoms with Crippen molar-refractivity contribution in [3.05, 3.63) is 39.6 Å². The molecule has 1 aromatic carbocycles. The van der Waals surface area contributed by atoms with E-state index in [-0.39, 0.29) is 11.7 Å². The van der Waals surface area contributed by atoms with Crippen LogP contribution in [0.15, 0.2) is 33.0 Å². The summed E-state index contributed by atoms with van der Waals surface area (Å²) in [5.74, 6) is -0.141. The number of halogens is 2. The van der Waals surface area contributed by atoms with E-state index in [1.165, 1.54) is 29.7 Å². The van der Waals surface area contributed by atoms with Crippen molar-refractivity contribution in [1.82, 2.24) is 4.37 Å². The van der Waals surface area contributed by atoms with Crippen molar-refractivity contribution in [3.63, 3.8) is 0 Å². The van der Waals surface area contributed by atoms with Crippen molar-refractivity contribution in [2.75, 3.05) is 5.73 Å². The lowest BCUT2D eigenvalue weighted by atomic mass is 10.3. The summed E-state index contributed by atoms with van der Waals surface area (Å²) >= 11 is 4.28. The van der Waals surface area contributed by atoms with Gasteiger partial charge in [0.25, 0.3) is 0 Å². The van der Waals surface area contributed by atoms with E-state index in [9.17, 15) is 4.39 Å². The van der Waals surface area contributed by atoms with E-state index in [1.807, 2.05) is 0 Å². The molecule has 7 heteroatoms. The molecule has 0 amide bonds. The second-order valence-corrected chi connectivity index (χ2v) is 4.70. The fourth-order valence-electron chi connectivity index (χ4n) is 1.19. The van der Waals surface area contributed by atoms with Crippen molar-refractivity contribution in [2.45, 2.75) is 0 Å². The third kappa shape index (κ3) is 2.62. The first-order valence-electron chi connectivity index (χ1n) is 4.57. The van der Waals surface area contributed by atoms with Gasteiger partial charge in [-0.15, -0.1) is 0 Å². The van der Waals surface area contributed by atoms with Crippen LogP contribution in [0, 0.1) is 5.82 Å². The first-order valence-corrected chi connectivity index (χ1v) is 6.20. The van der Waals surface area contributed by atoms with Crippen LogP contribution >= 0.6 is 27.5 Å². The Morgan fingerprint density at radius 2 is 2.24 bits per heavy atom. The summed E-state index contributed by atoms with van der Waals surface area (Å²) in [6, 6.07) is 4.36.